The SMILES string of the molecule is Cl.O=C(c1ccccc1C(F)(F)F)N1CCC(C2CCNC2)CC1. The van der Waals surface area contributed by atoms with E-state index in [9.17, 15) is 18.0 Å². The molecule has 0 spiro atoms. The van der Waals surface area contributed by atoms with E-state index in [1.54, 1.807) is 4.90 Å². The second-order valence-corrected chi connectivity index (χ2v) is 6.43. The molecular formula is C17H22ClF3N2O. The molecule has 0 bridgehead atoms. The average Bonchev–Trinajstić information content (AvgIpc) is 3.08. The van der Waals surface area contributed by atoms with Crippen LogP contribution < -0.4 is 5.32 Å². The van der Waals surface area contributed by atoms with Gasteiger partial charge in [-0.1, -0.05) is 12.1 Å². The first-order chi connectivity index (χ1) is 11.0. The average molecular weight is 363 g/mol. The lowest BCUT2D eigenvalue weighted by Gasteiger charge is -2.35. The number of carbonyl (C=O) groups is 1. The molecule has 1 aromatic carbocycles. The first kappa shape index (κ1) is 19.1. The van der Waals surface area contributed by atoms with Crippen molar-refractivity contribution in [1.82, 2.24) is 10.2 Å². The molecule has 7 heteroatoms. The summed E-state index contributed by atoms with van der Waals surface area (Å²) >= 11 is 0. The zero-order chi connectivity index (χ0) is 16.4. The maximum absolute atomic E-state index is 13.1. The lowest BCUT2D eigenvalue weighted by molar-refractivity contribution is -0.138. The van der Waals surface area contributed by atoms with Gasteiger partial charge in [0, 0.05) is 13.1 Å². The zero-order valence-electron chi connectivity index (χ0n) is 13.3. The fourth-order valence-corrected chi connectivity index (χ4v) is 3.74. The van der Waals surface area contributed by atoms with Crippen molar-refractivity contribution in [2.45, 2.75) is 25.4 Å². The molecule has 1 amide bonds. The van der Waals surface area contributed by atoms with Gasteiger partial charge in [-0.2, -0.15) is 13.2 Å². The maximum atomic E-state index is 13.1. The molecule has 2 aliphatic heterocycles. The number of amides is 1. The van der Waals surface area contributed by atoms with E-state index >= 15 is 0 Å². The lowest BCUT2D eigenvalue weighted by atomic mass is 9.83. The predicted molar refractivity (Wildman–Crippen MR) is 88.3 cm³/mol. The van der Waals surface area contributed by atoms with Gasteiger partial charge in [0.1, 0.15) is 0 Å². The predicted octanol–water partition coefficient (Wildman–Crippen LogP) is 3.59. The third kappa shape index (κ3) is 4.03. The molecule has 134 valence electrons. The van der Waals surface area contributed by atoms with E-state index in [0.29, 0.717) is 24.9 Å². The third-order valence-corrected chi connectivity index (χ3v) is 5.05. The summed E-state index contributed by atoms with van der Waals surface area (Å²) in [5, 5.41) is 3.35. The fraction of sp³-hybridized carbons (Fsp3) is 0.588. The molecule has 1 aromatic rings. The molecule has 3 nitrogen and oxygen atoms in total. The molecule has 2 heterocycles. The van der Waals surface area contributed by atoms with E-state index in [-0.39, 0.29) is 18.0 Å². The van der Waals surface area contributed by atoms with Crippen LogP contribution in [-0.2, 0) is 6.18 Å². The number of nitrogens with one attached hydrogen (secondary N) is 1. The Balaban J connectivity index is 0.00000208. The summed E-state index contributed by atoms with van der Waals surface area (Å²) in [6.07, 6.45) is -1.58. The molecule has 3 rings (SSSR count). The van der Waals surface area contributed by atoms with Gasteiger partial charge in [-0.25, -0.2) is 0 Å². The summed E-state index contributed by atoms with van der Waals surface area (Å²) in [6.45, 7) is 3.16. The van der Waals surface area contributed by atoms with Crippen molar-refractivity contribution in [2.24, 2.45) is 11.8 Å². The second-order valence-electron chi connectivity index (χ2n) is 6.43. The summed E-state index contributed by atoms with van der Waals surface area (Å²) in [4.78, 5) is 14.1. The number of carbonyl (C=O) groups excluding carboxylic acids is 1. The van der Waals surface area contributed by atoms with E-state index in [1.807, 2.05) is 0 Å². The standard InChI is InChI=1S/C17H21F3N2O.ClH/c18-17(19,20)15-4-2-1-3-14(15)16(23)22-9-6-12(7-10-22)13-5-8-21-11-13;/h1-4,12-13,21H,5-11H2;1H. The minimum atomic E-state index is -4.50. The van der Waals surface area contributed by atoms with E-state index in [0.717, 1.165) is 38.4 Å². The summed E-state index contributed by atoms with van der Waals surface area (Å²) < 4.78 is 39.2. The van der Waals surface area contributed by atoms with Crippen LogP contribution in [0.15, 0.2) is 24.3 Å². The lowest BCUT2D eigenvalue weighted by Crippen LogP contribution is -2.41. The highest BCUT2D eigenvalue weighted by molar-refractivity contribution is 5.96. The van der Waals surface area contributed by atoms with Crippen LogP contribution in [-0.4, -0.2) is 37.0 Å². The Labute approximate surface area is 146 Å². The van der Waals surface area contributed by atoms with E-state index in [4.69, 9.17) is 0 Å². The number of nitrogens with zero attached hydrogens (tertiary/aromatic N) is 1. The van der Waals surface area contributed by atoms with Crippen molar-refractivity contribution in [3.05, 3.63) is 35.4 Å². The number of alkyl halides is 3. The van der Waals surface area contributed by atoms with E-state index in [1.165, 1.54) is 18.2 Å². The van der Waals surface area contributed by atoms with Crippen LogP contribution >= 0.6 is 12.4 Å². The summed E-state index contributed by atoms with van der Waals surface area (Å²) in [7, 11) is 0. The Morgan fingerprint density at radius 1 is 1.08 bits per heavy atom. The Morgan fingerprint density at radius 3 is 2.33 bits per heavy atom. The van der Waals surface area contributed by atoms with Crippen LogP contribution in [0.25, 0.3) is 0 Å². The van der Waals surface area contributed by atoms with Gasteiger partial charge in [0.2, 0.25) is 0 Å². The van der Waals surface area contributed by atoms with Gasteiger partial charge in [-0.05, 0) is 56.3 Å². The Morgan fingerprint density at radius 2 is 1.75 bits per heavy atom. The van der Waals surface area contributed by atoms with Crippen LogP contribution in [0.5, 0.6) is 0 Å². The van der Waals surface area contributed by atoms with Gasteiger partial charge < -0.3 is 10.2 Å². The van der Waals surface area contributed by atoms with Crippen molar-refractivity contribution in [3.8, 4) is 0 Å². The van der Waals surface area contributed by atoms with Crippen molar-refractivity contribution >= 4 is 18.3 Å². The Hall–Kier alpha value is -1.27. The highest BCUT2D eigenvalue weighted by Crippen LogP contribution is 2.34. The molecule has 2 aliphatic rings. The minimum absolute atomic E-state index is 0. The summed E-state index contributed by atoms with van der Waals surface area (Å²) in [5.74, 6) is 0.725. The monoisotopic (exact) mass is 362 g/mol. The van der Waals surface area contributed by atoms with Crippen LogP contribution in [0.3, 0.4) is 0 Å². The van der Waals surface area contributed by atoms with Gasteiger partial charge in [0.05, 0.1) is 11.1 Å². The number of piperidine rings is 1. The molecule has 0 aromatic heterocycles. The topological polar surface area (TPSA) is 32.3 Å². The molecule has 1 unspecified atom stereocenters. The molecule has 2 fully saturated rings. The highest BCUT2D eigenvalue weighted by atomic mass is 35.5. The first-order valence-electron chi connectivity index (χ1n) is 8.13. The van der Waals surface area contributed by atoms with Crippen molar-refractivity contribution in [1.29, 1.82) is 0 Å². The molecule has 0 radical (unpaired) electrons. The quantitative estimate of drug-likeness (QED) is 0.872. The maximum Gasteiger partial charge on any atom is 0.417 e. The number of likely N-dealkylation sites (tertiary alicyclic amines) is 1. The molecule has 0 aliphatic carbocycles. The van der Waals surface area contributed by atoms with Crippen molar-refractivity contribution < 1.29 is 18.0 Å². The summed E-state index contributed by atoms with van der Waals surface area (Å²) in [5.41, 5.74) is -1.08. The second kappa shape index (κ2) is 7.74. The van der Waals surface area contributed by atoms with Crippen LogP contribution in [0.1, 0.15) is 35.2 Å². The molecule has 24 heavy (non-hydrogen) atoms. The van der Waals surface area contributed by atoms with Gasteiger partial charge in [-0.3, -0.25) is 4.79 Å². The molecule has 2 saturated heterocycles. The Kier molecular flexibility index (Phi) is 6.15. The minimum Gasteiger partial charge on any atom is -0.339 e. The Bertz CT molecular complexity index is 565. The van der Waals surface area contributed by atoms with Crippen molar-refractivity contribution in [3.63, 3.8) is 0 Å². The number of benzene rings is 1. The van der Waals surface area contributed by atoms with Gasteiger partial charge in [-0.15, -0.1) is 12.4 Å². The zero-order valence-corrected chi connectivity index (χ0v) is 14.1. The highest BCUT2D eigenvalue weighted by Gasteiger charge is 2.37. The normalized spacial score (nSPS) is 22.3. The van der Waals surface area contributed by atoms with Crippen LogP contribution in [0, 0.1) is 11.8 Å². The molecular weight excluding hydrogens is 341 g/mol. The number of rotatable bonds is 2. The number of hydrogen-bond donors (Lipinski definition) is 1. The van der Waals surface area contributed by atoms with Gasteiger partial charge in [0.25, 0.3) is 5.91 Å². The first-order valence-corrected chi connectivity index (χ1v) is 8.13. The number of hydrogen-bond acceptors (Lipinski definition) is 2. The van der Waals surface area contributed by atoms with Crippen LogP contribution in [0.4, 0.5) is 13.2 Å². The fourth-order valence-electron chi connectivity index (χ4n) is 3.74. The smallest absolute Gasteiger partial charge is 0.339 e. The summed E-state index contributed by atoms with van der Waals surface area (Å²) in [6, 6.07) is 5.06. The molecule has 1 atom stereocenters. The van der Waals surface area contributed by atoms with Gasteiger partial charge in [0.15, 0.2) is 0 Å². The molecule has 1 N–H and O–H groups in total. The molecule has 0 saturated carbocycles. The van der Waals surface area contributed by atoms with E-state index < -0.39 is 17.6 Å². The van der Waals surface area contributed by atoms with Crippen LogP contribution in [0.2, 0.25) is 0 Å². The third-order valence-electron chi connectivity index (χ3n) is 5.05. The van der Waals surface area contributed by atoms with Gasteiger partial charge >= 0.3 is 6.18 Å². The van der Waals surface area contributed by atoms with Crippen molar-refractivity contribution in [2.75, 3.05) is 26.2 Å². The largest absolute Gasteiger partial charge is 0.417 e. The number of halogens is 4. The van der Waals surface area contributed by atoms with E-state index in [2.05, 4.69) is 5.32 Å².